The molecule has 0 spiro atoms. The zero-order chi connectivity index (χ0) is 12.2. The van der Waals surface area contributed by atoms with Crippen LogP contribution in [0.5, 0.6) is 0 Å². The molecule has 1 amide bonds. The van der Waals surface area contributed by atoms with Crippen molar-refractivity contribution in [2.45, 2.75) is 20.0 Å². The van der Waals surface area contributed by atoms with E-state index in [1.807, 2.05) is 0 Å². The van der Waals surface area contributed by atoms with Gasteiger partial charge in [-0.3, -0.25) is 4.79 Å². The van der Waals surface area contributed by atoms with Gasteiger partial charge in [-0.2, -0.15) is 0 Å². The van der Waals surface area contributed by atoms with Gasteiger partial charge in [0.2, 0.25) is 0 Å². The Morgan fingerprint density at radius 2 is 2.25 bits per heavy atom. The molecule has 1 atom stereocenters. The molecule has 5 heteroatoms. The molecule has 3 N–H and O–H groups in total. The number of rotatable bonds is 4. The van der Waals surface area contributed by atoms with Gasteiger partial charge < -0.3 is 15.5 Å². The number of carbonyl (C=O) groups is 1. The molecular formula is C11H16N2O3. The number of amides is 1. The van der Waals surface area contributed by atoms with Crippen LogP contribution in [-0.4, -0.2) is 33.8 Å². The van der Waals surface area contributed by atoms with E-state index in [-0.39, 0.29) is 6.61 Å². The average Bonchev–Trinajstić information content (AvgIpc) is 2.29. The standard InChI is InChI=1S/C11H16N2O3/c1-11(2,7-14)9(15)10(16)13-8-5-3-4-6-12-8/h3-6,9,14-15H,7H2,1-2H3,(H,12,13,16). The van der Waals surface area contributed by atoms with Gasteiger partial charge in [0.25, 0.3) is 5.91 Å². The fraction of sp³-hybridized carbons (Fsp3) is 0.455. The van der Waals surface area contributed by atoms with Crippen molar-refractivity contribution in [3.8, 4) is 0 Å². The molecule has 16 heavy (non-hydrogen) atoms. The van der Waals surface area contributed by atoms with Crippen LogP contribution in [0, 0.1) is 5.41 Å². The lowest BCUT2D eigenvalue weighted by molar-refractivity contribution is -0.131. The Kier molecular flexibility index (Phi) is 3.98. The summed E-state index contributed by atoms with van der Waals surface area (Å²) in [4.78, 5) is 15.5. The molecule has 88 valence electrons. The Balaban J connectivity index is 2.66. The van der Waals surface area contributed by atoms with Crippen LogP contribution >= 0.6 is 0 Å². The molecule has 1 heterocycles. The summed E-state index contributed by atoms with van der Waals surface area (Å²) in [5, 5.41) is 21.2. The summed E-state index contributed by atoms with van der Waals surface area (Å²) in [6, 6.07) is 5.08. The predicted molar refractivity (Wildman–Crippen MR) is 59.7 cm³/mol. The van der Waals surface area contributed by atoms with Crippen molar-refractivity contribution in [2.75, 3.05) is 11.9 Å². The number of hydrogen-bond acceptors (Lipinski definition) is 4. The number of pyridine rings is 1. The van der Waals surface area contributed by atoms with Crippen molar-refractivity contribution in [1.29, 1.82) is 0 Å². The molecule has 0 aliphatic rings. The number of aliphatic hydroxyl groups is 2. The Morgan fingerprint density at radius 3 is 2.75 bits per heavy atom. The number of aromatic nitrogens is 1. The van der Waals surface area contributed by atoms with Crippen molar-refractivity contribution >= 4 is 11.7 Å². The lowest BCUT2D eigenvalue weighted by atomic mass is 9.87. The monoisotopic (exact) mass is 224 g/mol. The maximum absolute atomic E-state index is 11.6. The van der Waals surface area contributed by atoms with Crippen LogP contribution in [0.25, 0.3) is 0 Å². The van der Waals surface area contributed by atoms with Crippen molar-refractivity contribution < 1.29 is 15.0 Å². The largest absolute Gasteiger partial charge is 0.396 e. The predicted octanol–water partition coefficient (Wildman–Crippen LogP) is 0.400. The molecule has 1 aromatic rings. The van der Waals surface area contributed by atoms with Gasteiger partial charge in [0, 0.05) is 11.6 Å². The Morgan fingerprint density at radius 1 is 1.56 bits per heavy atom. The van der Waals surface area contributed by atoms with Crippen molar-refractivity contribution in [1.82, 2.24) is 4.98 Å². The summed E-state index contributed by atoms with van der Waals surface area (Å²) < 4.78 is 0. The number of hydrogen-bond donors (Lipinski definition) is 3. The van der Waals surface area contributed by atoms with Crippen LogP contribution in [0.15, 0.2) is 24.4 Å². The number of nitrogens with one attached hydrogen (secondary N) is 1. The fourth-order valence-electron chi connectivity index (χ4n) is 1.07. The first kappa shape index (κ1) is 12.6. The normalized spacial score (nSPS) is 13.2. The summed E-state index contributed by atoms with van der Waals surface area (Å²) in [5.41, 5.74) is -0.876. The van der Waals surface area contributed by atoms with Crippen molar-refractivity contribution in [3.63, 3.8) is 0 Å². The van der Waals surface area contributed by atoms with Crippen molar-refractivity contribution in [3.05, 3.63) is 24.4 Å². The summed E-state index contributed by atoms with van der Waals surface area (Å²) in [6.45, 7) is 2.94. The van der Waals surface area contributed by atoms with Crippen LogP contribution in [0.2, 0.25) is 0 Å². The highest BCUT2D eigenvalue weighted by molar-refractivity contribution is 5.93. The van der Waals surface area contributed by atoms with Gasteiger partial charge in [0.15, 0.2) is 0 Å². The van der Waals surface area contributed by atoms with Crippen LogP contribution in [-0.2, 0) is 4.79 Å². The second-order valence-corrected chi connectivity index (χ2v) is 4.25. The zero-order valence-corrected chi connectivity index (χ0v) is 9.34. The topological polar surface area (TPSA) is 82.5 Å². The molecule has 0 aromatic carbocycles. The zero-order valence-electron chi connectivity index (χ0n) is 9.34. The average molecular weight is 224 g/mol. The molecule has 5 nitrogen and oxygen atoms in total. The Labute approximate surface area is 94.1 Å². The molecule has 1 rings (SSSR count). The van der Waals surface area contributed by atoms with Crippen LogP contribution in [0.4, 0.5) is 5.82 Å². The third-order valence-electron chi connectivity index (χ3n) is 2.31. The second-order valence-electron chi connectivity index (χ2n) is 4.25. The number of nitrogens with zero attached hydrogens (tertiary/aromatic N) is 1. The molecule has 0 aliphatic carbocycles. The molecule has 1 unspecified atom stereocenters. The number of carbonyl (C=O) groups excluding carboxylic acids is 1. The van der Waals surface area contributed by atoms with Gasteiger partial charge >= 0.3 is 0 Å². The lowest BCUT2D eigenvalue weighted by Gasteiger charge is -2.26. The van der Waals surface area contributed by atoms with E-state index in [0.29, 0.717) is 5.82 Å². The van der Waals surface area contributed by atoms with Gasteiger partial charge in [-0.05, 0) is 12.1 Å². The molecular weight excluding hydrogens is 208 g/mol. The molecule has 0 aliphatic heterocycles. The Bertz CT molecular complexity index is 352. The minimum atomic E-state index is -1.28. The van der Waals surface area contributed by atoms with E-state index in [1.165, 1.54) is 0 Å². The van der Waals surface area contributed by atoms with E-state index in [0.717, 1.165) is 0 Å². The van der Waals surface area contributed by atoms with E-state index < -0.39 is 17.4 Å². The summed E-state index contributed by atoms with van der Waals surface area (Å²) in [7, 11) is 0. The van der Waals surface area contributed by atoms with E-state index in [1.54, 1.807) is 38.2 Å². The Hall–Kier alpha value is -1.46. The molecule has 0 fully saturated rings. The summed E-state index contributed by atoms with van der Waals surface area (Å²) >= 11 is 0. The van der Waals surface area contributed by atoms with Gasteiger partial charge in [-0.15, -0.1) is 0 Å². The third kappa shape index (κ3) is 3.01. The van der Waals surface area contributed by atoms with E-state index in [9.17, 15) is 9.90 Å². The third-order valence-corrected chi connectivity index (χ3v) is 2.31. The van der Waals surface area contributed by atoms with Crippen LogP contribution < -0.4 is 5.32 Å². The first-order valence-corrected chi connectivity index (χ1v) is 4.98. The highest BCUT2D eigenvalue weighted by Crippen LogP contribution is 2.20. The smallest absolute Gasteiger partial charge is 0.255 e. The SMILES string of the molecule is CC(C)(CO)C(O)C(=O)Nc1ccccn1. The first-order chi connectivity index (χ1) is 7.47. The molecule has 1 aromatic heterocycles. The van der Waals surface area contributed by atoms with Gasteiger partial charge in [-0.1, -0.05) is 19.9 Å². The lowest BCUT2D eigenvalue weighted by Crippen LogP contribution is -2.42. The van der Waals surface area contributed by atoms with Gasteiger partial charge in [0.05, 0.1) is 6.61 Å². The van der Waals surface area contributed by atoms with Crippen molar-refractivity contribution in [2.24, 2.45) is 5.41 Å². The van der Waals surface area contributed by atoms with E-state index >= 15 is 0 Å². The minimum absolute atomic E-state index is 0.274. The highest BCUT2D eigenvalue weighted by Gasteiger charge is 2.33. The summed E-state index contributed by atoms with van der Waals surface area (Å²) in [5.74, 6) is -0.196. The minimum Gasteiger partial charge on any atom is -0.396 e. The van der Waals surface area contributed by atoms with Crippen LogP contribution in [0.3, 0.4) is 0 Å². The van der Waals surface area contributed by atoms with Crippen LogP contribution in [0.1, 0.15) is 13.8 Å². The molecule has 0 saturated heterocycles. The maximum atomic E-state index is 11.6. The fourth-order valence-corrected chi connectivity index (χ4v) is 1.07. The number of aliphatic hydroxyl groups excluding tert-OH is 2. The maximum Gasteiger partial charge on any atom is 0.255 e. The number of anilines is 1. The highest BCUT2D eigenvalue weighted by atomic mass is 16.3. The quantitative estimate of drug-likeness (QED) is 0.691. The van der Waals surface area contributed by atoms with E-state index in [2.05, 4.69) is 10.3 Å². The van der Waals surface area contributed by atoms with Gasteiger partial charge in [-0.25, -0.2) is 4.98 Å². The first-order valence-electron chi connectivity index (χ1n) is 4.98. The molecule has 0 saturated carbocycles. The second kappa shape index (κ2) is 5.05. The van der Waals surface area contributed by atoms with Gasteiger partial charge in [0.1, 0.15) is 11.9 Å². The molecule has 0 bridgehead atoms. The molecule has 0 radical (unpaired) electrons. The van der Waals surface area contributed by atoms with E-state index in [4.69, 9.17) is 5.11 Å². The summed E-state index contributed by atoms with van der Waals surface area (Å²) in [6.07, 6.45) is 0.263.